The summed E-state index contributed by atoms with van der Waals surface area (Å²) in [6.45, 7) is 5.63. The van der Waals surface area contributed by atoms with Crippen molar-refractivity contribution in [2.75, 3.05) is 32.8 Å². The highest BCUT2D eigenvalue weighted by atomic mass is 32.2. The molecule has 1 unspecified atom stereocenters. The number of nitrogens with zero attached hydrogens (tertiary/aromatic N) is 2. The molecule has 1 N–H and O–H groups in total. The maximum absolute atomic E-state index is 13.1. The Hall–Kier alpha value is -2.46. The van der Waals surface area contributed by atoms with Crippen LogP contribution in [0.5, 0.6) is 0 Å². The van der Waals surface area contributed by atoms with Crippen LogP contribution in [0.15, 0.2) is 29.2 Å². The lowest BCUT2D eigenvalue weighted by Crippen LogP contribution is -2.52. The van der Waals surface area contributed by atoms with Crippen LogP contribution >= 0.6 is 0 Å². The molecule has 0 spiro atoms. The zero-order chi connectivity index (χ0) is 24.7. The van der Waals surface area contributed by atoms with Crippen molar-refractivity contribution in [2.45, 2.75) is 63.3 Å². The van der Waals surface area contributed by atoms with E-state index in [0.29, 0.717) is 37.9 Å². The summed E-state index contributed by atoms with van der Waals surface area (Å²) in [7, 11) is -3.71. The van der Waals surface area contributed by atoms with Crippen LogP contribution in [0.1, 0.15) is 62.7 Å². The third kappa shape index (κ3) is 6.35. The molecular formula is C24H35N3O6S. The summed E-state index contributed by atoms with van der Waals surface area (Å²) in [6, 6.07) is 5.72. The Labute approximate surface area is 201 Å². The fourth-order valence-corrected chi connectivity index (χ4v) is 6.02. The Morgan fingerprint density at radius 3 is 2.32 bits per heavy atom. The smallest absolute Gasteiger partial charge is 0.338 e. The van der Waals surface area contributed by atoms with Gasteiger partial charge in [0.2, 0.25) is 21.8 Å². The van der Waals surface area contributed by atoms with Crippen LogP contribution in [0.4, 0.5) is 0 Å². The highest BCUT2D eigenvalue weighted by molar-refractivity contribution is 7.89. The van der Waals surface area contributed by atoms with Gasteiger partial charge in [0, 0.05) is 44.6 Å². The van der Waals surface area contributed by atoms with Crippen LogP contribution in [0.3, 0.4) is 0 Å². The normalized spacial score (nSPS) is 20.1. The molecule has 2 fully saturated rings. The van der Waals surface area contributed by atoms with Crippen LogP contribution in [0.2, 0.25) is 0 Å². The maximum Gasteiger partial charge on any atom is 0.338 e. The molecule has 1 aromatic carbocycles. The number of hydrogen-bond acceptors (Lipinski definition) is 6. The number of nitrogens with one attached hydrogen (secondary N) is 1. The van der Waals surface area contributed by atoms with Gasteiger partial charge in [0.15, 0.2) is 0 Å². The minimum atomic E-state index is -3.71. The van der Waals surface area contributed by atoms with Crippen LogP contribution in [0, 0.1) is 5.92 Å². The van der Waals surface area contributed by atoms with Gasteiger partial charge in [0.1, 0.15) is 0 Å². The second-order valence-corrected chi connectivity index (χ2v) is 10.8. The number of likely N-dealkylation sites (tertiary alicyclic amines) is 1. The first-order chi connectivity index (χ1) is 16.3. The molecule has 0 saturated carbocycles. The molecule has 0 aromatic heterocycles. The fraction of sp³-hybridized carbons (Fsp3) is 0.625. The fourth-order valence-electron chi connectivity index (χ4n) is 4.55. The molecular weight excluding hydrogens is 458 g/mol. The average molecular weight is 494 g/mol. The number of amides is 2. The van der Waals surface area contributed by atoms with Crippen molar-refractivity contribution in [1.82, 2.24) is 14.5 Å². The van der Waals surface area contributed by atoms with Crippen molar-refractivity contribution >= 4 is 27.8 Å². The number of benzene rings is 1. The number of carbonyl (C=O) groups excluding carboxylic acids is 3. The quantitative estimate of drug-likeness (QED) is 0.556. The zero-order valence-electron chi connectivity index (χ0n) is 20.0. The Bertz CT molecular complexity index is 971. The van der Waals surface area contributed by atoms with Gasteiger partial charge in [-0.05, 0) is 63.3 Å². The highest BCUT2D eigenvalue weighted by Gasteiger charge is 2.35. The molecule has 3 rings (SSSR count). The average Bonchev–Trinajstić information content (AvgIpc) is 2.84. The van der Waals surface area contributed by atoms with Gasteiger partial charge < -0.3 is 15.0 Å². The van der Waals surface area contributed by atoms with Gasteiger partial charge in [-0.25, -0.2) is 13.2 Å². The van der Waals surface area contributed by atoms with E-state index < -0.39 is 16.0 Å². The molecule has 10 heteroatoms. The number of rotatable bonds is 8. The summed E-state index contributed by atoms with van der Waals surface area (Å²) >= 11 is 0. The Morgan fingerprint density at radius 2 is 1.71 bits per heavy atom. The van der Waals surface area contributed by atoms with Crippen molar-refractivity contribution in [2.24, 2.45) is 5.92 Å². The van der Waals surface area contributed by atoms with Crippen LogP contribution in [0.25, 0.3) is 0 Å². The molecule has 0 aliphatic carbocycles. The van der Waals surface area contributed by atoms with Gasteiger partial charge >= 0.3 is 5.97 Å². The lowest BCUT2D eigenvalue weighted by Gasteiger charge is -2.37. The largest absolute Gasteiger partial charge is 0.462 e. The molecule has 1 aromatic rings. The molecule has 0 radical (unpaired) electrons. The van der Waals surface area contributed by atoms with Gasteiger partial charge in [-0.2, -0.15) is 4.31 Å². The summed E-state index contributed by atoms with van der Waals surface area (Å²) in [5, 5.41) is 3.02. The molecule has 2 aliphatic heterocycles. The van der Waals surface area contributed by atoms with E-state index >= 15 is 0 Å². The van der Waals surface area contributed by atoms with Gasteiger partial charge in [-0.3, -0.25) is 9.59 Å². The number of esters is 1. The van der Waals surface area contributed by atoms with Crippen LogP contribution < -0.4 is 5.32 Å². The molecule has 0 bridgehead atoms. The van der Waals surface area contributed by atoms with E-state index in [9.17, 15) is 22.8 Å². The molecule has 2 saturated heterocycles. The van der Waals surface area contributed by atoms with Gasteiger partial charge in [0.25, 0.3) is 0 Å². The first-order valence-corrected chi connectivity index (χ1v) is 13.6. The summed E-state index contributed by atoms with van der Waals surface area (Å²) in [6.07, 6.45) is 3.91. The third-order valence-electron chi connectivity index (χ3n) is 6.38. The highest BCUT2D eigenvalue weighted by Crippen LogP contribution is 2.26. The molecule has 1 atom stereocenters. The van der Waals surface area contributed by atoms with Crippen LogP contribution in [-0.2, 0) is 24.3 Å². The molecule has 2 heterocycles. The summed E-state index contributed by atoms with van der Waals surface area (Å²) < 4.78 is 32.4. The van der Waals surface area contributed by atoms with Crippen molar-refractivity contribution in [3.63, 3.8) is 0 Å². The topological polar surface area (TPSA) is 113 Å². The lowest BCUT2D eigenvalue weighted by atomic mass is 9.95. The van der Waals surface area contributed by atoms with E-state index in [1.807, 2.05) is 11.8 Å². The minimum Gasteiger partial charge on any atom is -0.462 e. The molecule has 188 valence electrons. The summed E-state index contributed by atoms with van der Waals surface area (Å²) in [5.41, 5.74) is 0.302. The second-order valence-electron chi connectivity index (χ2n) is 8.86. The van der Waals surface area contributed by atoms with E-state index in [2.05, 4.69) is 5.32 Å². The van der Waals surface area contributed by atoms with Gasteiger partial charge in [-0.15, -0.1) is 0 Å². The number of piperidine rings is 2. The van der Waals surface area contributed by atoms with E-state index in [0.717, 1.165) is 19.3 Å². The Kier molecular flexibility index (Phi) is 9.07. The SMILES string of the molecule is CCCC(=O)NC1CCCN(C(=O)C2CCN(S(=O)(=O)c3ccc(C(=O)OCC)cc3)CC2)C1. The molecule has 2 amide bonds. The van der Waals surface area contributed by atoms with E-state index in [4.69, 9.17) is 4.74 Å². The van der Waals surface area contributed by atoms with E-state index in [-0.39, 0.29) is 48.4 Å². The number of carbonyl (C=O) groups is 3. The maximum atomic E-state index is 13.1. The molecule has 34 heavy (non-hydrogen) atoms. The zero-order valence-corrected chi connectivity index (χ0v) is 20.8. The predicted molar refractivity (Wildman–Crippen MR) is 127 cm³/mol. The Balaban J connectivity index is 1.55. The van der Waals surface area contributed by atoms with Crippen LogP contribution in [-0.4, -0.2) is 74.2 Å². The second kappa shape index (κ2) is 11.8. The van der Waals surface area contributed by atoms with Crippen molar-refractivity contribution < 1.29 is 27.5 Å². The molecule has 2 aliphatic rings. The first kappa shape index (κ1) is 26.2. The van der Waals surface area contributed by atoms with Crippen molar-refractivity contribution in [3.8, 4) is 0 Å². The predicted octanol–water partition coefficient (Wildman–Crippen LogP) is 2.17. The van der Waals surface area contributed by atoms with Crippen molar-refractivity contribution in [1.29, 1.82) is 0 Å². The lowest BCUT2D eigenvalue weighted by molar-refractivity contribution is -0.138. The number of ether oxygens (including phenoxy) is 1. The van der Waals surface area contributed by atoms with E-state index in [1.165, 1.54) is 28.6 Å². The number of sulfonamides is 1. The number of hydrogen-bond donors (Lipinski definition) is 1. The van der Waals surface area contributed by atoms with Gasteiger partial charge in [0.05, 0.1) is 17.1 Å². The van der Waals surface area contributed by atoms with Gasteiger partial charge in [-0.1, -0.05) is 6.92 Å². The Morgan fingerprint density at radius 1 is 1.03 bits per heavy atom. The standard InChI is InChI=1S/C24H35N3O6S/c1-3-6-22(28)25-20-7-5-14-26(17-20)23(29)18-12-15-27(16-13-18)34(31,32)21-10-8-19(9-11-21)24(30)33-4-2/h8-11,18,20H,3-7,12-17H2,1-2H3,(H,25,28). The summed E-state index contributed by atoms with van der Waals surface area (Å²) in [4.78, 5) is 38.8. The third-order valence-corrected chi connectivity index (χ3v) is 8.29. The monoisotopic (exact) mass is 493 g/mol. The van der Waals surface area contributed by atoms with E-state index in [1.54, 1.807) is 6.92 Å². The first-order valence-electron chi connectivity index (χ1n) is 12.1. The minimum absolute atomic E-state index is 0.0187. The molecule has 9 nitrogen and oxygen atoms in total. The van der Waals surface area contributed by atoms with Crippen molar-refractivity contribution in [3.05, 3.63) is 29.8 Å². The summed E-state index contributed by atoms with van der Waals surface area (Å²) in [5.74, 6) is -0.640.